The van der Waals surface area contributed by atoms with E-state index in [1.54, 1.807) is 6.07 Å². The summed E-state index contributed by atoms with van der Waals surface area (Å²) in [6, 6.07) is 14.7. The van der Waals surface area contributed by atoms with Crippen molar-refractivity contribution in [2.24, 2.45) is 0 Å². The second-order valence-corrected chi connectivity index (χ2v) is 9.96. The van der Waals surface area contributed by atoms with Gasteiger partial charge in [0.1, 0.15) is 16.5 Å². The molecule has 2 aliphatic heterocycles. The van der Waals surface area contributed by atoms with Crippen LogP contribution in [0.4, 0.5) is 10.3 Å². The molecule has 3 heterocycles. The van der Waals surface area contributed by atoms with Gasteiger partial charge in [0, 0.05) is 42.5 Å². The zero-order valence-corrected chi connectivity index (χ0v) is 18.8. The second-order valence-electron chi connectivity index (χ2n) is 8.31. The number of rotatable bonds is 5. The Labute approximate surface area is 192 Å². The largest absolute Gasteiger partial charge is 0.493 e. The van der Waals surface area contributed by atoms with Crippen LogP contribution in [0.5, 0.6) is 5.75 Å². The van der Waals surface area contributed by atoms with E-state index in [0.717, 1.165) is 32.2 Å². The van der Waals surface area contributed by atoms with Crippen molar-refractivity contribution in [1.82, 2.24) is 14.9 Å². The van der Waals surface area contributed by atoms with Gasteiger partial charge in [-0.15, -0.1) is 0 Å². The summed E-state index contributed by atoms with van der Waals surface area (Å²) in [6.45, 7) is 1.34. The van der Waals surface area contributed by atoms with E-state index in [0.29, 0.717) is 17.9 Å². The highest BCUT2D eigenvalue weighted by molar-refractivity contribution is 7.92. The first-order valence-corrected chi connectivity index (χ1v) is 12.6. The zero-order valence-electron chi connectivity index (χ0n) is 18.0. The fourth-order valence-corrected chi connectivity index (χ4v) is 5.84. The lowest BCUT2D eigenvalue weighted by atomic mass is 9.89. The number of nitrogens with one attached hydrogen (secondary N) is 1. The Morgan fingerprint density at radius 3 is 2.58 bits per heavy atom. The van der Waals surface area contributed by atoms with Crippen molar-refractivity contribution in [3.63, 3.8) is 0 Å². The molecule has 1 saturated heterocycles. The van der Waals surface area contributed by atoms with Crippen LogP contribution in [0.2, 0.25) is 0 Å². The molecule has 9 heteroatoms. The third kappa shape index (κ3) is 4.43. The minimum atomic E-state index is -4.22. The van der Waals surface area contributed by atoms with E-state index in [2.05, 4.69) is 31.7 Å². The van der Waals surface area contributed by atoms with Crippen molar-refractivity contribution >= 4 is 16.0 Å². The number of aromatic nitrogens is 2. The number of piperidine rings is 1. The van der Waals surface area contributed by atoms with Gasteiger partial charge in [0.15, 0.2) is 0 Å². The van der Waals surface area contributed by atoms with Gasteiger partial charge in [0.25, 0.3) is 10.0 Å². The van der Waals surface area contributed by atoms with Gasteiger partial charge >= 0.3 is 0 Å². The molecule has 5 rings (SSSR count). The van der Waals surface area contributed by atoms with E-state index in [9.17, 15) is 8.42 Å². The molecule has 2 aliphatic rings. The smallest absolute Gasteiger partial charge is 0.267 e. The summed E-state index contributed by atoms with van der Waals surface area (Å²) in [5.41, 5.74) is 1.94. The van der Waals surface area contributed by atoms with E-state index in [1.807, 2.05) is 18.2 Å². The first kappa shape index (κ1) is 21.8. The van der Waals surface area contributed by atoms with Gasteiger partial charge in [-0.3, -0.25) is 4.90 Å². The summed E-state index contributed by atoms with van der Waals surface area (Å²) in [6.07, 6.45) is 6.79. The fourth-order valence-electron chi connectivity index (χ4n) is 4.81. The van der Waals surface area contributed by atoms with Gasteiger partial charge in [0.05, 0.1) is 6.61 Å². The number of hydrogen-bond acceptors (Lipinski definition) is 6. The molecule has 2 atom stereocenters. The molecule has 2 aromatic carbocycles. The Balaban J connectivity index is 1.48. The highest BCUT2D eigenvalue weighted by Crippen LogP contribution is 2.44. The van der Waals surface area contributed by atoms with Crippen LogP contribution >= 0.6 is 0 Å². The number of likely N-dealkylation sites (tertiary alicyclic amines) is 1. The number of sulfonamides is 1. The van der Waals surface area contributed by atoms with Crippen LogP contribution in [0, 0.1) is 5.82 Å². The quantitative estimate of drug-likeness (QED) is 0.595. The maximum absolute atomic E-state index is 15.2. The van der Waals surface area contributed by atoms with Crippen LogP contribution in [-0.2, 0) is 10.0 Å². The molecule has 2 unspecified atom stereocenters. The Kier molecular flexibility index (Phi) is 5.99. The molecule has 0 amide bonds. The van der Waals surface area contributed by atoms with Crippen LogP contribution in [-0.4, -0.2) is 36.4 Å². The predicted molar refractivity (Wildman–Crippen MR) is 122 cm³/mol. The minimum absolute atomic E-state index is 0.0454. The lowest BCUT2D eigenvalue weighted by Gasteiger charge is -2.43. The molecule has 1 fully saturated rings. The summed E-state index contributed by atoms with van der Waals surface area (Å²) < 4.78 is 48.9. The minimum Gasteiger partial charge on any atom is -0.493 e. The first-order chi connectivity index (χ1) is 16.0. The molecule has 1 N–H and O–H groups in total. The molecule has 1 aromatic heterocycles. The molecule has 33 heavy (non-hydrogen) atoms. The highest BCUT2D eigenvalue weighted by atomic mass is 32.2. The van der Waals surface area contributed by atoms with E-state index in [4.69, 9.17) is 4.74 Å². The van der Waals surface area contributed by atoms with Crippen LogP contribution in [0.25, 0.3) is 0 Å². The van der Waals surface area contributed by atoms with Gasteiger partial charge in [-0.05, 0) is 37.1 Å². The predicted octanol–water partition coefficient (Wildman–Crippen LogP) is 4.47. The summed E-state index contributed by atoms with van der Waals surface area (Å²) in [5.74, 6) is -0.534. The Hall–Kier alpha value is -3.04. The third-order valence-electron chi connectivity index (χ3n) is 6.28. The Morgan fingerprint density at radius 1 is 1.00 bits per heavy atom. The monoisotopic (exact) mass is 468 g/mol. The number of fused-ring (bicyclic) bond motifs is 1. The third-order valence-corrected chi connectivity index (χ3v) is 7.63. The van der Waals surface area contributed by atoms with Crippen molar-refractivity contribution in [2.75, 3.05) is 17.9 Å². The van der Waals surface area contributed by atoms with Gasteiger partial charge < -0.3 is 4.74 Å². The van der Waals surface area contributed by atoms with Gasteiger partial charge in [-0.25, -0.2) is 27.5 Å². The molecule has 7 nitrogen and oxygen atoms in total. The van der Waals surface area contributed by atoms with Crippen molar-refractivity contribution in [1.29, 1.82) is 0 Å². The molecule has 0 aliphatic carbocycles. The number of hydrogen-bond donors (Lipinski definition) is 1. The zero-order chi connectivity index (χ0) is 22.8. The first-order valence-electron chi connectivity index (χ1n) is 11.1. The average Bonchev–Trinajstić information content (AvgIpc) is 2.84. The van der Waals surface area contributed by atoms with Gasteiger partial charge in [0.2, 0.25) is 5.95 Å². The fraction of sp³-hybridized carbons (Fsp3) is 0.333. The average molecular weight is 469 g/mol. The van der Waals surface area contributed by atoms with Crippen molar-refractivity contribution in [3.8, 4) is 5.75 Å². The topological polar surface area (TPSA) is 84.4 Å². The van der Waals surface area contributed by atoms with Gasteiger partial charge in [-0.1, -0.05) is 36.8 Å². The molecule has 0 bridgehead atoms. The number of ether oxygens (including phenoxy) is 1. The highest BCUT2D eigenvalue weighted by Gasteiger charge is 2.36. The van der Waals surface area contributed by atoms with E-state index < -0.39 is 20.7 Å². The van der Waals surface area contributed by atoms with E-state index >= 15 is 4.39 Å². The number of benzene rings is 2. The van der Waals surface area contributed by atoms with Crippen LogP contribution in [0.1, 0.15) is 48.9 Å². The maximum Gasteiger partial charge on any atom is 0.267 e. The molecular formula is C24H25FN4O3S. The number of halogens is 1. The normalized spacial score (nSPS) is 21.1. The van der Waals surface area contributed by atoms with Crippen molar-refractivity contribution in [3.05, 3.63) is 77.9 Å². The summed E-state index contributed by atoms with van der Waals surface area (Å²) >= 11 is 0. The van der Waals surface area contributed by atoms with Crippen LogP contribution in [0.15, 0.2) is 65.8 Å². The van der Waals surface area contributed by atoms with Crippen LogP contribution in [0.3, 0.4) is 0 Å². The molecule has 0 radical (unpaired) electrons. The SMILES string of the molecule is O=S(=O)(Nc1ncccn1)c1cc2c(cc1F)C(N1CCCCC1c1ccccc1)CCO2. The summed E-state index contributed by atoms with van der Waals surface area (Å²) in [4.78, 5) is 9.65. The standard InChI is InChI=1S/C24H25FN4O3S/c25-19-15-18-21(29-13-5-4-9-20(29)17-7-2-1-3-8-17)10-14-32-22(18)16-23(19)33(30,31)28-24-26-11-6-12-27-24/h1-3,6-8,11-12,15-16,20-21H,4-5,9-10,13-14H2,(H,26,27,28). The van der Waals surface area contributed by atoms with Crippen molar-refractivity contribution < 1.29 is 17.5 Å². The summed E-state index contributed by atoms with van der Waals surface area (Å²) in [5, 5.41) is 0. The maximum atomic E-state index is 15.2. The Morgan fingerprint density at radius 2 is 1.79 bits per heavy atom. The van der Waals surface area contributed by atoms with Crippen LogP contribution < -0.4 is 9.46 Å². The Bertz CT molecular complexity index is 1230. The molecule has 3 aromatic rings. The number of nitrogens with zero attached hydrogens (tertiary/aromatic N) is 3. The lowest BCUT2D eigenvalue weighted by Crippen LogP contribution is -2.39. The van der Waals surface area contributed by atoms with Gasteiger partial charge in [-0.2, -0.15) is 0 Å². The molecular weight excluding hydrogens is 443 g/mol. The molecule has 0 spiro atoms. The second kappa shape index (κ2) is 9.07. The molecule has 0 saturated carbocycles. The molecule has 172 valence electrons. The lowest BCUT2D eigenvalue weighted by molar-refractivity contribution is 0.0665. The van der Waals surface area contributed by atoms with E-state index in [1.165, 1.54) is 30.1 Å². The number of anilines is 1. The summed E-state index contributed by atoms with van der Waals surface area (Å²) in [7, 11) is -4.22. The van der Waals surface area contributed by atoms with E-state index in [-0.39, 0.29) is 18.0 Å². The van der Waals surface area contributed by atoms with Crippen molar-refractivity contribution in [2.45, 2.75) is 42.7 Å².